The van der Waals surface area contributed by atoms with E-state index < -0.39 is 0 Å². The highest BCUT2D eigenvalue weighted by molar-refractivity contribution is 7.10. The Balaban J connectivity index is 1.46. The molecule has 2 N–H and O–H groups in total. The molecular formula is C21H33N5OS. The van der Waals surface area contributed by atoms with Gasteiger partial charge in [-0.1, -0.05) is 11.2 Å². The highest BCUT2D eigenvalue weighted by Crippen LogP contribution is 2.36. The Morgan fingerprint density at radius 2 is 2.25 bits per heavy atom. The van der Waals surface area contributed by atoms with E-state index in [-0.39, 0.29) is 0 Å². The standard InChI is InChI=1S/C21H33N5OS/c1-15-18(16(2)27-25-15)9-5-11-23-21(22-3)24-14-17-8-6-12-26(4)20(17)19-10-7-13-28-19/h7,10,13,17,20H,5-6,8-9,11-12,14H2,1-4H3,(H2,22,23,24). The molecule has 0 radical (unpaired) electrons. The Hall–Kier alpha value is -1.86. The smallest absolute Gasteiger partial charge is 0.190 e. The van der Waals surface area contributed by atoms with Crippen LogP contribution in [0.1, 0.15) is 47.2 Å². The van der Waals surface area contributed by atoms with E-state index in [1.807, 2.05) is 32.2 Å². The van der Waals surface area contributed by atoms with Crippen LogP contribution in [0.2, 0.25) is 0 Å². The fourth-order valence-electron chi connectivity index (χ4n) is 4.16. The van der Waals surface area contributed by atoms with E-state index in [4.69, 9.17) is 4.52 Å². The molecule has 1 aliphatic rings. The molecule has 0 spiro atoms. The molecule has 0 saturated carbocycles. The molecule has 0 amide bonds. The lowest BCUT2D eigenvalue weighted by atomic mass is 9.88. The van der Waals surface area contributed by atoms with Gasteiger partial charge in [0.05, 0.1) is 5.69 Å². The van der Waals surface area contributed by atoms with Gasteiger partial charge in [0.25, 0.3) is 0 Å². The molecule has 2 unspecified atom stereocenters. The van der Waals surface area contributed by atoms with E-state index in [2.05, 4.69) is 50.2 Å². The number of aryl methyl sites for hydroxylation is 2. The van der Waals surface area contributed by atoms with Crippen molar-refractivity contribution >= 4 is 17.3 Å². The summed E-state index contributed by atoms with van der Waals surface area (Å²) < 4.78 is 5.24. The molecule has 0 bridgehead atoms. The molecule has 154 valence electrons. The molecule has 3 heterocycles. The van der Waals surface area contributed by atoms with Crippen molar-refractivity contribution in [3.05, 3.63) is 39.4 Å². The number of hydrogen-bond donors (Lipinski definition) is 2. The topological polar surface area (TPSA) is 65.7 Å². The quantitative estimate of drug-likeness (QED) is 0.421. The number of nitrogens with one attached hydrogen (secondary N) is 2. The Morgan fingerprint density at radius 1 is 1.39 bits per heavy atom. The maximum atomic E-state index is 5.24. The van der Waals surface area contributed by atoms with Gasteiger partial charge in [-0.15, -0.1) is 11.3 Å². The lowest BCUT2D eigenvalue weighted by Gasteiger charge is -2.39. The predicted molar refractivity (Wildman–Crippen MR) is 116 cm³/mol. The second-order valence-corrected chi connectivity index (χ2v) is 8.61. The van der Waals surface area contributed by atoms with Crippen LogP contribution in [-0.4, -0.2) is 49.7 Å². The Labute approximate surface area is 172 Å². The molecule has 6 nitrogen and oxygen atoms in total. The fourth-order valence-corrected chi connectivity index (χ4v) is 5.14. The van der Waals surface area contributed by atoms with E-state index in [1.165, 1.54) is 29.8 Å². The molecule has 2 aromatic rings. The zero-order valence-electron chi connectivity index (χ0n) is 17.5. The predicted octanol–water partition coefficient (Wildman–Crippen LogP) is 3.53. The van der Waals surface area contributed by atoms with Gasteiger partial charge in [-0.25, -0.2) is 0 Å². The van der Waals surface area contributed by atoms with Crippen molar-refractivity contribution in [2.45, 2.75) is 45.6 Å². The van der Waals surface area contributed by atoms with Crippen molar-refractivity contribution in [2.75, 3.05) is 33.7 Å². The van der Waals surface area contributed by atoms with Crippen LogP contribution in [-0.2, 0) is 6.42 Å². The summed E-state index contributed by atoms with van der Waals surface area (Å²) in [5, 5.41) is 13.2. The van der Waals surface area contributed by atoms with Crippen LogP contribution in [0, 0.1) is 19.8 Å². The maximum absolute atomic E-state index is 5.24. The molecule has 28 heavy (non-hydrogen) atoms. The third kappa shape index (κ3) is 5.14. The number of aliphatic imine (C=N–C) groups is 1. The van der Waals surface area contributed by atoms with E-state index in [1.54, 1.807) is 0 Å². The van der Waals surface area contributed by atoms with Crippen LogP contribution in [0.3, 0.4) is 0 Å². The van der Waals surface area contributed by atoms with Gasteiger partial charge >= 0.3 is 0 Å². The third-order valence-corrected chi connectivity index (χ3v) is 6.62. The fraction of sp³-hybridized carbons (Fsp3) is 0.619. The lowest BCUT2D eigenvalue weighted by Crippen LogP contribution is -2.45. The van der Waals surface area contributed by atoms with Crippen LogP contribution >= 0.6 is 11.3 Å². The third-order valence-electron chi connectivity index (χ3n) is 5.67. The Morgan fingerprint density at radius 3 is 2.93 bits per heavy atom. The van der Waals surface area contributed by atoms with Crippen molar-refractivity contribution in [2.24, 2.45) is 10.9 Å². The number of nitrogens with zero attached hydrogens (tertiary/aromatic N) is 3. The van der Waals surface area contributed by atoms with Gasteiger partial charge in [-0.3, -0.25) is 9.89 Å². The van der Waals surface area contributed by atoms with Gasteiger partial charge in [0, 0.05) is 36.6 Å². The average Bonchev–Trinajstić information content (AvgIpc) is 3.32. The van der Waals surface area contributed by atoms with Gasteiger partial charge in [0.2, 0.25) is 0 Å². The van der Waals surface area contributed by atoms with Crippen LogP contribution in [0.15, 0.2) is 27.0 Å². The van der Waals surface area contributed by atoms with Gasteiger partial charge < -0.3 is 15.2 Å². The normalized spacial score (nSPS) is 21.1. The summed E-state index contributed by atoms with van der Waals surface area (Å²) in [4.78, 5) is 8.37. The largest absolute Gasteiger partial charge is 0.361 e. The van der Waals surface area contributed by atoms with Gasteiger partial charge in [0.1, 0.15) is 5.76 Å². The van der Waals surface area contributed by atoms with Crippen molar-refractivity contribution in [1.29, 1.82) is 0 Å². The number of aromatic nitrogens is 1. The first-order valence-electron chi connectivity index (χ1n) is 10.2. The van der Waals surface area contributed by atoms with Crippen molar-refractivity contribution in [3.8, 4) is 0 Å². The second-order valence-electron chi connectivity index (χ2n) is 7.63. The number of piperidine rings is 1. The molecular weight excluding hydrogens is 370 g/mol. The molecule has 2 atom stereocenters. The monoisotopic (exact) mass is 403 g/mol. The molecule has 3 rings (SSSR count). The number of thiophene rings is 1. The van der Waals surface area contributed by atoms with Crippen LogP contribution in [0.25, 0.3) is 0 Å². The number of guanidine groups is 1. The Kier molecular flexibility index (Phi) is 7.50. The average molecular weight is 404 g/mol. The SMILES string of the molecule is CN=C(NCCCc1c(C)noc1C)NCC1CCCN(C)C1c1cccs1. The number of rotatable bonds is 7. The molecule has 1 saturated heterocycles. The van der Waals surface area contributed by atoms with Crippen molar-refractivity contribution in [1.82, 2.24) is 20.7 Å². The van der Waals surface area contributed by atoms with E-state index in [0.717, 1.165) is 43.3 Å². The minimum atomic E-state index is 0.499. The first-order chi connectivity index (χ1) is 13.6. The van der Waals surface area contributed by atoms with Gasteiger partial charge in [0.15, 0.2) is 5.96 Å². The van der Waals surface area contributed by atoms with E-state index >= 15 is 0 Å². The summed E-state index contributed by atoms with van der Waals surface area (Å²) >= 11 is 1.87. The summed E-state index contributed by atoms with van der Waals surface area (Å²) in [6.07, 6.45) is 4.50. The zero-order valence-corrected chi connectivity index (χ0v) is 18.3. The molecule has 7 heteroatoms. The lowest BCUT2D eigenvalue weighted by molar-refractivity contribution is 0.125. The molecule has 0 aliphatic carbocycles. The maximum Gasteiger partial charge on any atom is 0.190 e. The Bertz CT molecular complexity index is 735. The number of likely N-dealkylation sites (tertiary alicyclic amines) is 1. The van der Waals surface area contributed by atoms with E-state index in [0.29, 0.717) is 12.0 Å². The summed E-state index contributed by atoms with van der Waals surface area (Å²) in [7, 11) is 4.09. The first kappa shape index (κ1) is 20.9. The van der Waals surface area contributed by atoms with Gasteiger partial charge in [-0.05, 0) is 70.5 Å². The highest BCUT2D eigenvalue weighted by atomic mass is 32.1. The molecule has 0 aromatic carbocycles. The van der Waals surface area contributed by atoms with Crippen molar-refractivity contribution in [3.63, 3.8) is 0 Å². The highest BCUT2D eigenvalue weighted by Gasteiger charge is 2.31. The minimum Gasteiger partial charge on any atom is -0.361 e. The van der Waals surface area contributed by atoms with Gasteiger partial charge in [-0.2, -0.15) is 0 Å². The summed E-state index contributed by atoms with van der Waals surface area (Å²) in [5.74, 6) is 2.41. The van der Waals surface area contributed by atoms with E-state index in [9.17, 15) is 0 Å². The summed E-state index contributed by atoms with van der Waals surface area (Å²) in [5.41, 5.74) is 2.23. The van der Waals surface area contributed by atoms with Crippen LogP contribution in [0.4, 0.5) is 0 Å². The first-order valence-corrected chi connectivity index (χ1v) is 11.1. The summed E-state index contributed by atoms with van der Waals surface area (Å²) in [6, 6.07) is 4.93. The minimum absolute atomic E-state index is 0.499. The molecule has 1 aliphatic heterocycles. The van der Waals surface area contributed by atoms with Crippen LogP contribution in [0.5, 0.6) is 0 Å². The van der Waals surface area contributed by atoms with Crippen LogP contribution < -0.4 is 10.6 Å². The number of hydrogen-bond acceptors (Lipinski definition) is 5. The second kappa shape index (κ2) is 10.1. The zero-order chi connectivity index (χ0) is 19.9. The molecule has 1 fully saturated rings. The summed E-state index contributed by atoms with van der Waals surface area (Å²) in [6.45, 7) is 6.98. The van der Waals surface area contributed by atoms with Crippen molar-refractivity contribution < 1.29 is 4.52 Å². The molecule has 2 aromatic heterocycles.